The average Bonchev–Trinajstić information content (AvgIpc) is 2.99. The zero-order chi connectivity index (χ0) is 17.1. The van der Waals surface area contributed by atoms with E-state index < -0.39 is 16.9 Å². The summed E-state index contributed by atoms with van der Waals surface area (Å²) in [6.45, 7) is 3.00. The molecule has 1 aromatic heterocycles. The Kier molecular flexibility index (Phi) is 4.91. The van der Waals surface area contributed by atoms with E-state index in [1.54, 1.807) is 38.1 Å². The molecule has 8 heteroatoms. The van der Waals surface area contributed by atoms with Gasteiger partial charge in [0, 0.05) is 5.02 Å². The van der Waals surface area contributed by atoms with E-state index in [0.717, 1.165) is 0 Å². The smallest absolute Gasteiger partial charge is 0.226 e. The monoisotopic (exact) mass is 338 g/mol. The van der Waals surface area contributed by atoms with Gasteiger partial charge in [-0.15, -0.1) is 0 Å². The van der Waals surface area contributed by atoms with Gasteiger partial charge in [-0.05, 0) is 38.1 Å². The highest BCUT2D eigenvalue weighted by molar-refractivity contribution is 6.30. The van der Waals surface area contributed by atoms with E-state index in [1.807, 2.05) is 0 Å². The summed E-state index contributed by atoms with van der Waals surface area (Å²) in [5, 5.41) is 15.6. The van der Waals surface area contributed by atoms with Gasteiger partial charge in [0.15, 0.2) is 0 Å². The number of hydrogen-bond donors (Lipinski definition) is 2. The van der Waals surface area contributed by atoms with Crippen LogP contribution in [-0.4, -0.2) is 38.0 Å². The molecule has 0 bridgehead atoms. The Labute approximate surface area is 139 Å². The van der Waals surface area contributed by atoms with Crippen LogP contribution in [0.2, 0.25) is 5.02 Å². The molecule has 0 radical (unpaired) electrons. The lowest BCUT2D eigenvalue weighted by Gasteiger charge is -2.39. The third-order valence-corrected chi connectivity index (χ3v) is 4.21. The minimum atomic E-state index is -1.58. The average molecular weight is 339 g/mol. The topological polar surface area (TPSA) is 103 Å². The van der Waals surface area contributed by atoms with E-state index in [-0.39, 0.29) is 13.2 Å². The maximum absolute atomic E-state index is 11.8. The first-order valence-corrected chi connectivity index (χ1v) is 7.35. The van der Waals surface area contributed by atoms with E-state index in [2.05, 4.69) is 10.1 Å². The van der Waals surface area contributed by atoms with Crippen LogP contribution in [0.1, 0.15) is 13.8 Å². The number of hydrogen-bond acceptors (Lipinski definition) is 5. The van der Waals surface area contributed by atoms with Crippen LogP contribution in [0, 0.1) is 5.41 Å². The van der Waals surface area contributed by atoms with Crippen molar-refractivity contribution in [2.75, 3.05) is 6.61 Å². The highest BCUT2D eigenvalue weighted by atomic mass is 35.5. The second-order valence-corrected chi connectivity index (χ2v) is 6.29. The van der Waals surface area contributed by atoms with Crippen molar-refractivity contribution >= 4 is 17.5 Å². The first kappa shape index (κ1) is 17.2. The molecule has 2 aromatic rings. The van der Waals surface area contributed by atoms with Crippen molar-refractivity contribution in [2.45, 2.75) is 26.0 Å². The maximum atomic E-state index is 11.8. The number of amides is 1. The van der Waals surface area contributed by atoms with Gasteiger partial charge in [0.25, 0.3) is 0 Å². The molecule has 23 heavy (non-hydrogen) atoms. The standard InChI is InChI=1S/C15H19ClN4O3/c1-14(2,13(17)21)15(22,7-20-10-18-9-19-20)8-23-12-5-3-11(16)4-6-12/h3-6,9-10,22H,7-8H2,1-2H3,(H2,17,21). The van der Waals surface area contributed by atoms with Gasteiger partial charge in [-0.3, -0.25) is 4.79 Å². The maximum Gasteiger partial charge on any atom is 0.226 e. The molecule has 0 aliphatic rings. The fraction of sp³-hybridized carbons (Fsp3) is 0.400. The minimum absolute atomic E-state index is 0.0104. The molecule has 0 aliphatic heterocycles. The molecule has 124 valence electrons. The Bertz CT molecular complexity index is 658. The summed E-state index contributed by atoms with van der Waals surface area (Å²) < 4.78 is 7.06. The van der Waals surface area contributed by atoms with Gasteiger partial charge in [0.2, 0.25) is 5.91 Å². The number of ether oxygens (including phenoxy) is 1. The molecule has 1 unspecified atom stereocenters. The molecule has 3 N–H and O–H groups in total. The molecule has 7 nitrogen and oxygen atoms in total. The van der Waals surface area contributed by atoms with E-state index in [9.17, 15) is 9.90 Å². The first-order valence-electron chi connectivity index (χ1n) is 6.98. The number of carbonyl (C=O) groups is 1. The van der Waals surface area contributed by atoms with E-state index in [1.165, 1.54) is 17.3 Å². The van der Waals surface area contributed by atoms with Gasteiger partial charge in [-0.25, -0.2) is 9.67 Å². The van der Waals surface area contributed by atoms with Crippen LogP contribution in [0.4, 0.5) is 0 Å². The Morgan fingerprint density at radius 3 is 2.57 bits per heavy atom. The number of aliphatic hydroxyl groups is 1. The summed E-state index contributed by atoms with van der Waals surface area (Å²) in [6.07, 6.45) is 2.79. The van der Waals surface area contributed by atoms with Crippen LogP contribution in [0.25, 0.3) is 0 Å². The third kappa shape index (κ3) is 3.80. The number of nitrogens with two attached hydrogens (primary N) is 1. The lowest BCUT2D eigenvalue weighted by molar-refractivity contribution is -0.151. The summed E-state index contributed by atoms with van der Waals surface area (Å²) >= 11 is 5.83. The fourth-order valence-corrected chi connectivity index (χ4v) is 2.09. The number of carbonyl (C=O) groups excluding carboxylic acids is 1. The Morgan fingerprint density at radius 1 is 1.39 bits per heavy atom. The van der Waals surface area contributed by atoms with Crippen molar-refractivity contribution in [1.82, 2.24) is 14.8 Å². The molecule has 0 fully saturated rings. The molecular weight excluding hydrogens is 320 g/mol. The molecule has 0 saturated heterocycles. The second kappa shape index (κ2) is 6.55. The van der Waals surface area contributed by atoms with Gasteiger partial charge in [-0.1, -0.05) is 11.6 Å². The van der Waals surface area contributed by atoms with E-state index >= 15 is 0 Å². The number of halogens is 1. The number of aromatic nitrogens is 3. The number of nitrogens with zero attached hydrogens (tertiary/aromatic N) is 3. The van der Waals surface area contributed by atoms with Crippen molar-refractivity contribution in [3.05, 3.63) is 41.9 Å². The molecule has 1 aromatic carbocycles. The SMILES string of the molecule is CC(C)(C(N)=O)C(O)(COc1ccc(Cl)cc1)Cn1cncn1. The summed E-state index contributed by atoms with van der Waals surface area (Å²) in [4.78, 5) is 15.6. The van der Waals surface area contributed by atoms with Crippen LogP contribution in [0.15, 0.2) is 36.9 Å². The lowest BCUT2D eigenvalue weighted by Crippen LogP contribution is -2.58. The minimum Gasteiger partial charge on any atom is -0.490 e. The zero-order valence-electron chi connectivity index (χ0n) is 12.9. The summed E-state index contributed by atoms with van der Waals surface area (Å²) in [5.41, 5.74) is 2.64. The molecule has 1 amide bonds. The molecular formula is C15H19ClN4O3. The van der Waals surface area contributed by atoms with Gasteiger partial charge >= 0.3 is 0 Å². The molecule has 0 aliphatic carbocycles. The molecule has 0 spiro atoms. The van der Waals surface area contributed by atoms with Gasteiger partial charge in [0.1, 0.15) is 30.6 Å². The Balaban J connectivity index is 2.22. The number of rotatable bonds is 7. The molecule has 0 saturated carbocycles. The van der Waals surface area contributed by atoms with Crippen molar-refractivity contribution in [1.29, 1.82) is 0 Å². The van der Waals surface area contributed by atoms with Gasteiger partial charge < -0.3 is 15.6 Å². The van der Waals surface area contributed by atoms with Gasteiger partial charge in [0.05, 0.1) is 12.0 Å². The summed E-state index contributed by atoms with van der Waals surface area (Å²) in [5.74, 6) is -0.119. The molecule has 1 heterocycles. The largest absolute Gasteiger partial charge is 0.490 e. The summed E-state index contributed by atoms with van der Waals surface area (Å²) in [7, 11) is 0. The van der Waals surface area contributed by atoms with Gasteiger partial charge in [-0.2, -0.15) is 5.10 Å². The highest BCUT2D eigenvalue weighted by Crippen LogP contribution is 2.33. The summed E-state index contributed by atoms with van der Waals surface area (Å²) in [6, 6.07) is 6.70. The van der Waals surface area contributed by atoms with Crippen molar-refractivity contribution < 1.29 is 14.6 Å². The fourth-order valence-electron chi connectivity index (χ4n) is 1.97. The predicted octanol–water partition coefficient (Wildman–Crippen LogP) is 1.25. The molecule has 2 rings (SSSR count). The molecule has 1 atom stereocenters. The van der Waals surface area contributed by atoms with Crippen LogP contribution in [-0.2, 0) is 11.3 Å². The zero-order valence-corrected chi connectivity index (χ0v) is 13.7. The highest BCUT2D eigenvalue weighted by Gasteiger charge is 2.49. The predicted molar refractivity (Wildman–Crippen MR) is 84.9 cm³/mol. The number of primary amides is 1. The quantitative estimate of drug-likeness (QED) is 0.790. The number of benzene rings is 1. The van der Waals surface area contributed by atoms with Crippen molar-refractivity contribution in [3.8, 4) is 5.75 Å². The van der Waals surface area contributed by atoms with E-state index in [4.69, 9.17) is 22.1 Å². The first-order chi connectivity index (χ1) is 10.7. The van der Waals surface area contributed by atoms with Crippen LogP contribution in [0.3, 0.4) is 0 Å². The Morgan fingerprint density at radius 2 is 2.04 bits per heavy atom. The van der Waals surface area contributed by atoms with Crippen LogP contribution < -0.4 is 10.5 Å². The lowest BCUT2D eigenvalue weighted by atomic mass is 9.74. The van der Waals surface area contributed by atoms with Crippen molar-refractivity contribution in [3.63, 3.8) is 0 Å². The van der Waals surface area contributed by atoms with Crippen molar-refractivity contribution in [2.24, 2.45) is 11.1 Å². The van der Waals surface area contributed by atoms with Crippen LogP contribution in [0.5, 0.6) is 5.75 Å². The van der Waals surface area contributed by atoms with Crippen LogP contribution >= 0.6 is 11.6 Å². The van der Waals surface area contributed by atoms with E-state index in [0.29, 0.717) is 10.8 Å². The Hall–Kier alpha value is -2.12. The second-order valence-electron chi connectivity index (χ2n) is 5.86. The third-order valence-electron chi connectivity index (χ3n) is 3.96. The normalized spacial score (nSPS) is 14.3.